The van der Waals surface area contributed by atoms with Crippen molar-refractivity contribution in [2.24, 2.45) is 5.92 Å². The molecular formula is C19H22F2N4. The molecular weight excluding hydrogens is 322 g/mol. The molecule has 132 valence electrons. The smallest absolute Gasteiger partial charge is 0.162 e. The molecule has 0 spiro atoms. The number of nitrogens with one attached hydrogen (secondary N) is 1. The van der Waals surface area contributed by atoms with Crippen LogP contribution in [0.1, 0.15) is 30.0 Å². The summed E-state index contributed by atoms with van der Waals surface area (Å²) in [6, 6.07) is 5.31. The minimum absolute atomic E-state index is 0.0201. The second kappa shape index (κ2) is 5.88. The van der Waals surface area contributed by atoms with E-state index in [1.165, 1.54) is 18.9 Å². The van der Waals surface area contributed by atoms with Gasteiger partial charge in [-0.3, -0.25) is 9.80 Å². The predicted molar refractivity (Wildman–Crippen MR) is 90.0 cm³/mol. The first kappa shape index (κ1) is 15.5. The molecule has 25 heavy (non-hydrogen) atoms. The molecule has 6 rings (SSSR count). The zero-order valence-corrected chi connectivity index (χ0v) is 14.0. The molecule has 1 aromatic carbocycles. The number of benzene rings is 1. The number of imidazole rings is 1. The maximum atomic E-state index is 14.5. The van der Waals surface area contributed by atoms with E-state index >= 15 is 0 Å². The molecule has 0 amide bonds. The molecule has 4 fully saturated rings. The average Bonchev–Trinajstić information content (AvgIpc) is 3.28. The highest BCUT2D eigenvalue weighted by Gasteiger charge is 2.53. The number of aromatic nitrogens is 2. The number of H-pyrrole nitrogens is 1. The molecule has 4 saturated heterocycles. The first-order valence-corrected chi connectivity index (χ1v) is 9.11. The van der Waals surface area contributed by atoms with Crippen LogP contribution in [0.5, 0.6) is 0 Å². The number of fused-ring (bicyclic) bond motifs is 2. The topological polar surface area (TPSA) is 35.2 Å². The lowest BCUT2D eigenvalue weighted by atomic mass is 9.75. The second-order valence-corrected chi connectivity index (χ2v) is 7.61. The van der Waals surface area contributed by atoms with Gasteiger partial charge in [-0.15, -0.1) is 0 Å². The molecule has 4 aliphatic rings. The number of nitrogens with zero attached hydrogens (tertiary/aromatic N) is 3. The summed E-state index contributed by atoms with van der Waals surface area (Å²) in [4.78, 5) is 12.3. The Morgan fingerprint density at radius 3 is 2.76 bits per heavy atom. The highest BCUT2D eigenvalue weighted by atomic mass is 19.2. The molecule has 3 atom stereocenters. The van der Waals surface area contributed by atoms with Crippen molar-refractivity contribution in [2.45, 2.75) is 37.4 Å². The van der Waals surface area contributed by atoms with Crippen molar-refractivity contribution in [3.05, 3.63) is 53.6 Å². The second-order valence-electron chi connectivity index (χ2n) is 7.61. The van der Waals surface area contributed by atoms with Crippen LogP contribution in [0.15, 0.2) is 30.7 Å². The summed E-state index contributed by atoms with van der Waals surface area (Å²) in [5, 5.41) is 0. The molecule has 2 bridgehead atoms. The molecule has 6 heteroatoms. The van der Waals surface area contributed by atoms with E-state index in [1.807, 2.05) is 6.20 Å². The van der Waals surface area contributed by atoms with E-state index in [1.54, 1.807) is 18.5 Å². The Morgan fingerprint density at radius 2 is 2.00 bits per heavy atom. The summed E-state index contributed by atoms with van der Waals surface area (Å²) in [6.45, 7) is 3.72. The van der Waals surface area contributed by atoms with Gasteiger partial charge in [-0.2, -0.15) is 0 Å². The molecule has 4 aliphatic heterocycles. The average molecular weight is 344 g/mol. The fourth-order valence-electron chi connectivity index (χ4n) is 5.39. The van der Waals surface area contributed by atoms with Gasteiger partial charge in [0.2, 0.25) is 0 Å². The number of halogens is 2. The van der Waals surface area contributed by atoms with E-state index in [0.29, 0.717) is 17.5 Å². The number of aromatic amines is 1. The van der Waals surface area contributed by atoms with Gasteiger partial charge in [0.15, 0.2) is 11.6 Å². The highest BCUT2D eigenvalue weighted by Crippen LogP contribution is 2.47. The zero-order valence-electron chi connectivity index (χ0n) is 14.0. The monoisotopic (exact) mass is 344 g/mol. The van der Waals surface area contributed by atoms with Gasteiger partial charge in [-0.25, -0.2) is 13.8 Å². The molecule has 0 unspecified atom stereocenters. The van der Waals surface area contributed by atoms with Crippen molar-refractivity contribution in [2.75, 3.05) is 19.6 Å². The third-order valence-electron chi connectivity index (χ3n) is 6.40. The van der Waals surface area contributed by atoms with Gasteiger partial charge in [-0.1, -0.05) is 12.1 Å². The van der Waals surface area contributed by atoms with Crippen LogP contribution in [0.4, 0.5) is 8.78 Å². The van der Waals surface area contributed by atoms with Crippen molar-refractivity contribution < 1.29 is 8.78 Å². The Balaban J connectivity index is 1.52. The van der Waals surface area contributed by atoms with Crippen molar-refractivity contribution in [3.8, 4) is 0 Å². The Morgan fingerprint density at radius 1 is 1.16 bits per heavy atom. The van der Waals surface area contributed by atoms with Crippen LogP contribution >= 0.6 is 0 Å². The Labute approximate surface area is 145 Å². The molecule has 1 N–H and O–H groups in total. The van der Waals surface area contributed by atoms with E-state index in [4.69, 9.17) is 0 Å². The Kier molecular flexibility index (Phi) is 3.64. The number of hydrogen-bond acceptors (Lipinski definition) is 3. The van der Waals surface area contributed by atoms with Crippen LogP contribution in [0.25, 0.3) is 0 Å². The summed E-state index contributed by atoms with van der Waals surface area (Å²) in [5.41, 5.74) is 1.62. The van der Waals surface area contributed by atoms with E-state index in [2.05, 4.69) is 19.8 Å². The number of hydrogen-bond donors (Lipinski definition) is 1. The SMILES string of the molecule is Fc1cccc([C@H]2CN(Cc3cnc[nH]3)[C@@H]3C4CCN(CC4)[C@H]23)c1F. The first-order chi connectivity index (χ1) is 12.2. The summed E-state index contributed by atoms with van der Waals surface area (Å²) >= 11 is 0. The van der Waals surface area contributed by atoms with E-state index < -0.39 is 11.6 Å². The van der Waals surface area contributed by atoms with Crippen LogP contribution in [-0.4, -0.2) is 51.5 Å². The van der Waals surface area contributed by atoms with Gasteiger partial charge in [0.25, 0.3) is 0 Å². The lowest BCUT2D eigenvalue weighted by molar-refractivity contribution is -0.00914. The molecule has 4 nitrogen and oxygen atoms in total. The van der Waals surface area contributed by atoms with Crippen molar-refractivity contribution >= 4 is 0 Å². The predicted octanol–water partition coefficient (Wildman–Crippen LogP) is 2.75. The molecule has 1 aromatic heterocycles. The van der Waals surface area contributed by atoms with Crippen LogP contribution in [0.3, 0.4) is 0 Å². The van der Waals surface area contributed by atoms with Crippen molar-refractivity contribution in [1.82, 2.24) is 19.8 Å². The molecule has 0 saturated carbocycles. The molecule has 0 radical (unpaired) electrons. The maximum Gasteiger partial charge on any atom is 0.162 e. The fourth-order valence-corrected chi connectivity index (χ4v) is 5.39. The van der Waals surface area contributed by atoms with Crippen LogP contribution < -0.4 is 0 Å². The normalized spacial score (nSPS) is 34.4. The lowest BCUT2D eigenvalue weighted by Crippen LogP contribution is -2.60. The van der Waals surface area contributed by atoms with Crippen LogP contribution in [0, 0.1) is 17.6 Å². The summed E-state index contributed by atoms with van der Waals surface area (Å²) < 4.78 is 28.4. The standard InChI is InChI=1S/C19H22F2N4/c20-16-3-1-2-14(17(16)21)15-10-25(9-13-8-22-11-23-13)18-12-4-6-24(7-5-12)19(15)18/h1-3,8,11-12,15,18-19H,4-7,9-10H2,(H,22,23)/t15-,18-,19-/m1/s1. The summed E-state index contributed by atoms with van der Waals surface area (Å²) in [7, 11) is 0. The third kappa shape index (κ3) is 2.42. The van der Waals surface area contributed by atoms with E-state index in [9.17, 15) is 8.78 Å². The Hall–Kier alpha value is -1.79. The van der Waals surface area contributed by atoms with E-state index in [-0.39, 0.29) is 12.0 Å². The molecule has 0 aliphatic carbocycles. The summed E-state index contributed by atoms with van der Waals surface area (Å²) in [5.74, 6) is -0.736. The van der Waals surface area contributed by atoms with E-state index in [0.717, 1.165) is 31.9 Å². The van der Waals surface area contributed by atoms with Crippen molar-refractivity contribution in [3.63, 3.8) is 0 Å². The quantitative estimate of drug-likeness (QED) is 0.930. The largest absolute Gasteiger partial charge is 0.347 e. The fraction of sp³-hybridized carbons (Fsp3) is 0.526. The first-order valence-electron chi connectivity index (χ1n) is 9.11. The van der Waals surface area contributed by atoms with Crippen molar-refractivity contribution in [1.29, 1.82) is 0 Å². The molecule has 5 heterocycles. The zero-order chi connectivity index (χ0) is 17.0. The van der Waals surface area contributed by atoms with Crippen LogP contribution in [-0.2, 0) is 6.54 Å². The minimum atomic E-state index is -0.739. The van der Waals surface area contributed by atoms with Gasteiger partial charge in [0, 0.05) is 43.0 Å². The Bertz CT molecular complexity index is 755. The minimum Gasteiger partial charge on any atom is -0.347 e. The third-order valence-corrected chi connectivity index (χ3v) is 6.40. The highest BCUT2D eigenvalue weighted by molar-refractivity contribution is 5.29. The number of rotatable bonds is 3. The number of piperidine rings is 3. The maximum absolute atomic E-state index is 14.5. The van der Waals surface area contributed by atoms with Crippen LogP contribution in [0.2, 0.25) is 0 Å². The van der Waals surface area contributed by atoms with Gasteiger partial charge < -0.3 is 4.98 Å². The number of likely N-dealkylation sites (tertiary alicyclic amines) is 1. The van der Waals surface area contributed by atoms with Gasteiger partial charge in [-0.05, 0) is 43.5 Å². The molecule has 2 aromatic rings. The lowest BCUT2D eigenvalue weighted by Gasteiger charge is -2.51. The van der Waals surface area contributed by atoms with Gasteiger partial charge >= 0.3 is 0 Å². The van der Waals surface area contributed by atoms with Gasteiger partial charge in [0.05, 0.1) is 6.33 Å². The summed E-state index contributed by atoms with van der Waals surface area (Å²) in [6.07, 6.45) is 5.97. The van der Waals surface area contributed by atoms with Gasteiger partial charge in [0.1, 0.15) is 0 Å².